The first-order valence-corrected chi connectivity index (χ1v) is 18.4. The minimum absolute atomic E-state index is 0.0582. The van der Waals surface area contributed by atoms with E-state index in [1.165, 1.54) is 0 Å². The average Bonchev–Trinajstić information content (AvgIpc) is 3.79. The largest absolute Gasteiger partial charge is 0.396 e. The predicted molar refractivity (Wildman–Crippen MR) is 172 cm³/mol. The Morgan fingerprint density at radius 1 is 1.00 bits per heavy atom. The van der Waals surface area contributed by atoms with Crippen molar-refractivity contribution in [1.29, 1.82) is 0 Å². The second-order valence-electron chi connectivity index (χ2n) is 18.2. The van der Waals surface area contributed by atoms with Crippen molar-refractivity contribution in [3.63, 3.8) is 0 Å². The second kappa shape index (κ2) is 10.8. The molecule has 0 aromatic carbocycles. The van der Waals surface area contributed by atoms with Crippen molar-refractivity contribution >= 4 is 5.78 Å². The predicted octanol–water partition coefficient (Wildman–Crippen LogP) is 1.92. The van der Waals surface area contributed by atoms with Crippen molar-refractivity contribution in [1.82, 2.24) is 0 Å². The zero-order chi connectivity index (χ0) is 33.2. The van der Waals surface area contributed by atoms with E-state index in [-0.39, 0.29) is 47.6 Å². The van der Waals surface area contributed by atoms with E-state index < -0.39 is 45.9 Å². The smallest absolute Gasteiger partial charge is 0.162 e. The molecule has 3 saturated carbocycles. The van der Waals surface area contributed by atoms with Crippen LogP contribution in [0.1, 0.15) is 112 Å². The number of ketones is 1. The molecule has 0 amide bonds. The van der Waals surface area contributed by atoms with E-state index in [4.69, 9.17) is 10.5 Å². The molecular weight excluding hydrogens is 584 g/mol. The lowest BCUT2D eigenvalue weighted by Gasteiger charge is -2.63. The monoisotopic (exact) mass is 645 g/mol. The number of quaternary nitrogens is 1. The molecule has 7 aliphatic rings. The van der Waals surface area contributed by atoms with Gasteiger partial charge < -0.3 is 35.6 Å². The van der Waals surface area contributed by atoms with E-state index in [2.05, 4.69) is 19.2 Å². The quantitative estimate of drug-likeness (QED) is 0.196. The number of hydrogen-bond donors (Lipinski definition) is 7. The molecule has 2 heterocycles. The van der Waals surface area contributed by atoms with Crippen LogP contribution in [-0.2, 0) is 9.53 Å². The number of aliphatic hydroxyl groups excluding tert-OH is 2. The zero-order valence-electron chi connectivity index (χ0n) is 28.8. The molecule has 2 aliphatic heterocycles. The maximum atomic E-state index is 14.1. The Morgan fingerprint density at radius 3 is 2.43 bits per heavy atom. The minimum Gasteiger partial charge on any atom is -0.396 e. The van der Waals surface area contributed by atoms with Crippen LogP contribution in [0.4, 0.5) is 0 Å². The van der Waals surface area contributed by atoms with Gasteiger partial charge in [-0.05, 0) is 125 Å². The fourth-order valence-electron chi connectivity index (χ4n) is 12.5. The molecular formula is C37H61N2O7+. The summed E-state index contributed by atoms with van der Waals surface area (Å²) in [6.45, 7) is 10.7. The Balaban J connectivity index is 1.15. The number of hydrogen-bond acceptors (Lipinski definition) is 8. The third-order valence-electron chi connectivity index (χ3n) is 15.9. The summed E-state index contributed by atoms with van der Waals surface area (Å²) in [5.74, 6) is 0.161. The highest BCUT2D eigenvalue weighted by Crippen LogP contribution is 2.73. The molecule has 0 radical (unpaired) electrons. The van der Waals surface area contributed by atoms with Gasteiger partial charge >= 0.3 is 0 Å². The summed E-state index contributed by atoms with van der Waals surface area (Å²) in [4.78, 5) is 14.1. The van der Waals surface area contributed by atoms with Crippen LogP contribution in [-0.4, -0.2) is 85.7 Å². The van der Waals surface area contributed by atoms with Crippen LogP contribution in [0.2, 0.25) is 0 Å². The SMILES string of the molecule is C[C@](O)([C@@H]1O[C@@H]1[C@](C)(O)[C@](C)(CO)CCC1CC[NH2+]C(N)C1)[C@H]1C[C@H]2CCC3=C4[C@H](CC[C@]1(C)[C@]42O)[C@@]1(C)CC[C@H](O)C[C@H]1C3=O. The number of fused-ring (bicyclic) bond motifs is 2. The van der Waals surface area contributed by atoms with Crippen molar-refractivity contribution < 1.29 is 40.4 Å². The lowest BCUT2D eigenvalue weighted by atomic mass is 9.42. The Kier molecular flexibility index (Phi) is 7.88. The van der Waals surface area contributed by atoms with Crippen LogP contribution in [0, 0.1) is 45.8 Å². The van der Waals surface area contributed by atoms with Gasteiger partial charge in [-0.25, -0.2) is 0 Å². The number of piperidine rings is 1. The van der Waals surface area contributed by atoms with E-state index in [0.29, 0.717) is 44.4 Å². The molecule has 46 heavy (non-hydrogen) atoms. The Bertz CT molecular complexity index is 1280. The maximum absolute atomic E-state index is 14.1. The van der Waals surface area contributed by atoms with Gasteiger partial charge in [0.25, 0.3) is 0 Å². The summed E-state index contributed by atoms with van der Waals surface area (Å²) >= 11 is 0. The van der Waals surface area contributed by atoms with E-state index >= 15 is 0 Å². The van der Waals surface area contributed by atoms with Crippen molar-refractivity contribution in [2.45, 2.75) is 153 Å². The van der Waals surface area contributed by atoms with Crippen LogP contribution < -0.4 is 11.1 Å². The van der Waals surface area contributed by atoms with Gasteiger partial charge in [-0.3, -0.25) is 10.5 Å². The summed E-state index contributed by atoms with van der Waals surface area (Å²) in [5.41, 5.74) is 2.34. The molecule has 0 aromatic rings. The van der Waals surface area contributed by atoms with Gasteiger partial charge in [0.15, 0.2) is 5.78 Å². The minimum atomic E-state index is -1.37. The Morgan fingerprint density at radius 2 is 1.74 bits per heavy atom. The van der Waals surface area contributed by atoms with Crippen molar-refractivity contribution in [3.05, 3.63) is 11.1 Å². The number of carbonyl (C=O) groups is 1. The number of Topliss-reactive ketones (excluding diaryl/α,β-unsaturated/α-hetero) is 1. The van der Waals surface area contributed by atoms with Crippen molar-refractivity contribution in [2.24, 2.45) is 51.6 Å². The lowest BCUT2D eigenvalue weighted by Crippen LogP contribution is -2.94. The van der Waals surface area contributed by atoms with Crippen LogP contribution in [0.3, 0.4) is 0 Å². The lowest BCUT2D eigenvalue weighted by molar-refractivity contribution is -0.699. The molecule has 15 atom stereocenters. The third kappa shape index (κ3) is 4.44. The number of aliphatic hydroxyl groups is 5. The third-order valence-corrected chi connectivity index (χ3v) is 15.9. The normalized spacial score (nSPS) is 50.6. The summed E-state index contributed by atoms with van der Waals surface area (Å²) in [6.07, 6.45) is 7.48. The first-order chi connectivity index (χ1) is 21.5. The molecule has 260 valence electrons. The van der Waals surface area contributed by atoms with Gasteiger partial charge in [-0.2, -0.15) is 0 Å². The second-order valence-corrected chi connectivity index (χ2v) is 18.2. The van der Waals surface area contributed by atoms with E-state index in [1.807, 2.05) is 13.8 Å². The zero-order valence-corrected chi connectivity index (χ0v) is 28.8. The first-order valence-electron chi connectivity index (χ1n) is 18.4. The van der Waals surface area contributed by atoms with Gasteiger partial charge in [-0.15, -0.1) is 0 Å². The highest BCUT2D eigenvalue weighted by atomic mass is 16.6. The molecule has 0 aromatic heterocycles. The van der Waals surface area contributed by atoms with Gasteiger partial charge in [0, 0.05) is 23.2 Å². The highest BCUT2D eigenvalue weighted by molar-refractivity contribution is 6.00. The van der Waals surface area contributed by atoms with E-state index in [0.717, 1.165) is 56.2 Å². The van der Waals surface area contributed by atoms with E-state index in [9.17, 15) is 30.3 Å². The first kappa shape index (κ1) is 33.6. The van der Waals surface area contributed by atoms with Crippen molar-refractivity contribution in [2.75, 3.05) is 13.2 Å². The number of allylic oxidation sites excluding steroid dienone is 1. The number of nitrogens with two attached hydrogens (primary N) is 2. The van der Waals surface area contributed by atoms with E-state index in [1.54, 1.807) is 6.92 Å². The Hall–Kier alpha value is -0.910. The molecule has 2 saturated heterocycles. The summed E-state index contributed by atoms with van der Waals surface area (Å²) in [7, 11) is 0. The maximum Gasteiger partial charge on any atom is 0.162 e. The van der Waals surface area contributed by atoms with Crippen LogP contribution in [0.25, 0.3) is 0 Å². The molecule has 5 aliphatic carbocycles. The number of epoxide rings is 1. The molecule has 0 spiro atoms. The summed E-state index contributed by atoms with van der Waals surface area (Å²) in [5, 5.41) is 61.0. The van der Waals surface area contributed by atoms with Gasteiger partial charge in [-0.1, -0.05) is 20.8 Å². The van der Waals surface area contributed by atoms with Gasteiger partial charge in [0.2, 0.25) is 0 Å². The van der Waals surface area contributed by atoms with Crippen molar-refractivity contribution in [3.8, 4) is 0 Å². The average molecular weight is 646 g/mol. The fourth-order valence-corrected chi connectivity index (χ4v) is 12.5. The van der Waals surface area contributed by atoms with Crippen LogP contribution in [0.15, 0.2) is 11.1 Å². The number of rotatable bonds is 8. The molecule has 9 heteroatoms. The summed E-state index contributed by atoms with van der Waals surface area (Å²) in [6, 6.07) is 0. The van der Waals surface area contributed by atoms with Crippen LogP contribution >= 0.6 is 0 Å². The molecule has 5 fully saturated rings. The molecule has 9 nitrogen and oxygen atoms in total. The van der Waals surface area contributed by atoms with Gasteiger partial charge in [0.05, 0.1) is 36.1 Å². The Labute approximate surface area is 274 Å². The molecule has 9 N–H and O–H groups in total. The fraction of sp³-hybridized carbons (Fsp3) is 0.919. The molecule has 7 rings (SSSR count). The standard InChI is InChI=1S/C37H60N2O7/c1-32(19-40,12-8-20-11-15-39-27(38)16-20)36(5,44)31-30(46-31)35(4,43)26-17-21-6-7-23-28-24(10-14-34(26,3)37(21,28)45)33(2)13-9-22(41)18-25(33)29(23)42/h20-22,24-27,30-31,39-41,43-45H,6-19,38H2,1-5H3/p+1/t20?,21-,22+,24+,25+,26+,27?,30-,31+,32+,33-,34+,35-,36+,37-/m1/s1. The topological polar surface area (TPSA) is 173 Å². The summed E-state index contributed by atoms with van der Waals surface area (Å²) < 4.78 is 6.27. The van der Waals surface area contributed by atoms with Crippen LogP contribution in [0.5, 0.6) is 0 Å². The number of ether oxygens (including phenoxy) is 1. The molecule has 0 bridgehead atoms. The van der Waals surface area contributed by atoms with Gasteiger partial charge in [0.1, 0.15) is 18.4 Å². The molecule has 2 unspecified atom stereocenters. The number of carbonyl (C=O) groups excluding carboxylic acids is 1. The highest BCUT2D eigenvalue weighted by Gasteiger charge is 2.76.